The number of thiophene rings is 1. The number of thiazole rings is 1. The number of aromatic nitrogens is 2. The first-order valence-electron chi connectivity index (χ1n) is 6.01. The largest absolute Gasteiger partial charge is 0.481 e. The molecule has 0 aromatic carbocycles. The lowest BCUT2D eigenvalue weighted by molar-refractivity contribution is -0.138. The van der Waals surface area contributed by atoms with Gasteiger partial charge in [0.05, 0.1) is 16.5 Å². The number of aryl methyl sites for hydroxylation is 1. The molecule has 3 aromatic rings. The lowest BCUT2D eigenvalue weighted by Gasteiger charge is -2.03. The molecule has 4 nitrogen and oxygen atoms in total. The van der Waals surface area contributed by atoms with Gasteiger partial charge >= 0.3 is 5.97 Å². The zero-order valence-electron chi connectivity index (χ0n) is 9.87. The molecule has 1 unspecified atom stereocenters. The van der Waals surface area contributed by atoms with Crippen LogP contribution >= 0.6 is 22.7 Å². The summed E-state index contributed by atoms with van der Waals surface area (Å²) in [5.74, 6) is -1.11. The number of fused-ring (bicyclic) bond motifs is 3. The second-order valence-electron chi connectivity index (χ2n) is 4.60. The highest BCUT2D eigenvalue weighted by Crippen LogP contribution is 2.40. The Labute approximate surface area is 117 Å². The van der Waals surface area contributed by atoms with Crippen molar-refractivity contribution in [2.24, 2.45) is 0 Å². The Bertz CT molecular complexity index is 770. The average molecular weight is 290 g/mol. The number of rotatable bonds is 2. The molecule has 0 spiro atoms. The van der Waals surface area contributed by atoms with E-state index in [0.717, 1.165) is 27.6 Å². The molecule has 3 aromatic heterocycles. The number of imidazole rings is 1. The first-order chi connectivity index (χ1) is 9.24. The number of nitrogens with zero attached hydrogens (tertiary/aromatic N) is 2. The van der Waals surface area contributed by atoms with Gasteiger partial charge in [-0.05, 0) is 24.3 Å². The third kappa shape index (κ3) is 1.56. The van der Waals surface area contributed by atoms with Crippen LogP contribution in [0.25, 0.3) is 15.5 Å². The molecule has 96 valence electrons. The Morgan fingerprint density at radius 1 is 1.53 bits per heavy atom. The molecular weight excluding hydrogens is 280 g/mol. The van der Waals surface area contributed by atoms with E-state index >= 15 is 0 Å². The quantitative estimate of drug-likeness (QED) is 0.788. The van der Waals surface area contributed by atoms with Crippen molar-refractivity contribution in [1.29, 1.82) is 0 Å². The molecule has 1 aliphatic carbocycles. The van der Waals surface area contributed by atoms with Crippen LogP contribution in [0.2, 0.25) is 0 Å². The maximum Gasteiger partial charge on any atom is 0.312 e. The zero-order chi connectivity index (χ0) is 13.0. The highest BCUT2D eigenvalue weighted by molar-refractivity contribution is 7.17. The maximum atomic E-state index is 11.3. The molecule has 0 amide bonds. The summed E-state index contributed by atoms with van der Waals surface area (Å²) in [6.45, 7) is 0. The van der Waals surface area contributed by atoms with Crippen LogP contribution in [0, 0.1) is 0 Å². The van der Waals surface area contributed by atoms with E-state index in [2.05, 4.69) is 4.98 Å². The highest BCUT2D eigenvalue weighted by Gasteiger charge is 2.33. The smallest absolute Gasteiger partial charge is 0.312 e. The predicted molar refractivity (Wildman–Crippen MR) is 75.1 cm³/mol. The Morgan fingerprint density at radius 2 is 2.42 bits per heavy atom. The van der Waals surface area contributed by atoms with Crippen LogP contribution in [-0.2, 0) is 11.2 Å². The average Bonchev–Trinajstić information content (AvgIpc) is 3.09. The van der Waals surface area contributed by atoms with E-state index in [1.54, 1.807) is 22.7 Å². The lowest BCUT2D eigenvalue weighted by Crippen LogP contribution is -2.09. The third-order valence-electron chi connectivity index (χ3n) is 3.50. The van der Waals surface area contributed by atoms with Crippen molar-refractivity contribution in [1.82, 2.24) is 9.38 Å². The van der Waals surface area contributed by atoms with E-state index in [0.29, 0.717) is 6.42 Å². The van der Waals surface area contributed by atoms with Gasteiger partial charge in [-0.15, -0.1) is 22.7 Å². The molecule has 4 rings (SSSR count). The first-order valence-corrected chi connectivity index (χ1v) is 7.71. The monoisotopic (exact) mass is 290 g/mol. The Kier molecular flexibility index (Phi) is 2.31. The summed E-state index contributed by atoms with van der Waals surface area (Å²) in [5, 5.41) is 11.3. The fourth-order valence-corrected chi connectivity index (χ4v) is 4.50. The van der Waals surface area contributed by atoms with E-state index in [4.69, 9.17) is 0 Å². The van der Waals surface area contributed by atoms with Gasteiger partial charge in [-0.2, -0.15) is 0 Å². The van der Waals surface area contributed by atoms with Crippen molar-refractivity contribution >= 4 is 33.6 Å². The molecule has 6 heteroatoms. The molecule has 1 atom stereocenters. The number of carboxylic acids is 1. The van der Waals surface area contributed by atoms with Gasteiger partial charge in [0.25, 0.3) is 0 Å². The molecule has 0 aliphatic heterocycles. The molecule has 1 aliphatic rings. The van der Waals surface area contributed by atoms with Gasteiger partial charge in [0, 0.05) is 11.1 Å². The molecule has 0 radical (unpaired) electrons. The fourth-order valence-electron chi connectivity index (χ4n) is 2.64. The molecule has 3 heterocycles. The van der Waals surface area contributed by atoms with Crippen molar-refractivity contribution in [3.8, 4) is 10.6 Å². The van der Waals surface area contributed by atoms with Gasteiger partial charge in [-0.1, -0.05) is 6.07 Å². The van der Waals surface area contributed by atoms with Crippen LogP contribution in [0.5, 0.6) is 0 Å². The van der Waals surface area contributed by atoms with E-state index in [1.165, 1.54) is 4.88 Å². The molecule has 0 saturated carbocycles. The second kappa shape index (κ2) is 3.91. The molecule has 0 bridgehead atoms. The van der Waals surface area contributed by atoms with Crippen LogP contribution in [0.3, 0.4) is 0 Å². The predicted octanol–water partition coefficient (Wildman–Crippen LogP) is 3.24. The van der Waals surface area contributed by atoms with Crippen LogP contribution in [-0.4, -0.2) is 20.5 Å². The fraction of sp³-hybridized carbons (Fsp3) is 0.231. The van der Waals surface area contributed by atoms with Crippen LogP contribution in [0.1, 0.15) is 22.9 Å². The number of carbonyl (C=O) groups is 1. The minimum absolute atomic E-state index is 0.380. The third-order valence-corrected chi connectivity index (χ3v) is 5.52. The zero-order valence-corrected chi connectivity index (χ0v) is 11.5. The molecule has 0 saturated heterocycles. The van der Waals surface area contributed by atoms with Crippen LogP contribution < -0.4 is 0 Å². The summed E-state index contributed by atoms with van der Waals surface area (Å²) < 4.78 is 1.97. The van der Waals surface area contributed by atoms with Crippen molar-refractivity contribution in [2.75, 3.05) is 0 Å². The molecule has 0 fully saturated rings. The SMILES string of the molecule is O=C(O)C1CCc2sc3nc(-c4cccs4)cn3c21. The summed E-state index contributed by atoms with van der Waals surface area (Å²) in [6, 6.07) is 4.03. The Morgan fingerprint density at radius 3 is 3.16 bits per heavy atom. The Balaban J connectivity index is 1.90. The summed E-state index contributed by atoms with van der Waals surface area (Å²) >= 11 is 3.27. The van der Waals surface area contributed by atoms with Crippen molar-refractivity contribution in [2.45, 2.75) is 18.8 Å². The van der Waals surface area contributed by atoms with Gasteiger partial charge in [0.2, 0.25) is 0 Å². The second-order valence-corrected chi connectivity index (χ2v) is 6.61. The number of hydrogen-bond acceptors (Lipinski definition) is 4. The number of carboxylic acid groups (broad SMARTS) is 1. The van der Waals surface area contributed by atoms with Gasteiger partial charge in [0.15, 0.2) is 4.96 Å². The van der Waals surface area contributed by atoms with Crippen molar-refractivity contribution in [3.05, 3.63) is 34.3 Å². The summed E-state index contributed by atoms with van der Waals surface area (Å²) in [4.78, 5) is 19.1. The van der Waals surface area contributed by atoms with Gasteiger partial charge in [-0.25, -0.2) is 4.98 Å². The molecule has 19 heavy (non-hydrogen) atoms. The summed E-state index contributed by atoms with van der Waals surface area (Å²) in [5.41, 5.74) is 1.86. The van der Waals surface area contributed by atoms with Gasteiger partial charge < -0.3 is 5.11 Å². The van der Waals surface area contributed by atoms with Gasteiger partial charge in [0.1, 0.15) is 5.69 Å². The topological polar surface area (TPSA) is 54.6 Å². The maximum absolute atomic E-state index is 11.3. The Hall–Kier alpha value is -1.66. The number of hydrogen-bond donors (Lipinski definition) is 1. The normalized spacial score (nSPS) is 18.0. The van der Waals surface area contributed by atoms with Crippen molar-refractivity contribution in [3.63, 3.8) is 0 Å². The minimum atomic E-state index is -0.732. The van der Waals surface area contributed by atoms with E-state index in [9.17, 15) is 9.90 Å². The van der Waals surface area contributed by atoms with Crippen molar-refractivity contribution < 1.29 is 9.90 Å². The van der Waals surface area contributed by atoms with Gasteiger partial charge in [-0.3, -0.25) is 9.20 Å². The van der Waals surface area contributed by atoms with Crippen LogP contribution in [0.15, 0.2) is 23.7 Å². The van der Waals surface area contributed by atoms with E-state index < -0.39 is 5.97 Å². The standard InChI is InChI=1S/C13H10N2O2S2/c16-12(17)7-3-4-10-11(7)15-6-8(14-13(15)19-10)9-2-1-5-18-9/h1-2,5-7H,3-4H2,(H,16,17). The lowest BCUT2D eigenvalue weighted by atomic mass is 10.1. The molecular formula is C13H10N2O2S2. The number of aliphatic carboxylic acids is 1. The van der Waals surface area contributed by atoms with E-state index in [-0.39, 0.29) is 5.92 Å². The van der Waals surface area contributed by atoms with Crippen LogP contribution in [0.4, 0.5) is 0 Å². The first kappa shape index (κ1) is 11.2. The van der Waals surface area contributed by atoms with E-state index in [1.807, 2.05) is 28.1 Å². The summed E-state index contributed by atoms with van der Waals surface area (Å²) in [6.07, 6.45) is 3.53. The minimum Gasteiger partial charge on any atom is -0.481 e. The summed E-state index contributed by atoms with van der Waals surface area (Å²) in [7, 11) is 0. The highest BCUT2D eigenvalue weighted by atomic mass is 32.1. The molecule has 1 N–H and O–H groups in total.